The van der Waals surface area contributed by atoms with E-state index in [1.165, 1.54) is 12.8 Å². The van der Waals surface area contributed by atoms with Gasteiger partial charge < -0.3 is 10.2 Å². The second kappa shape index (κ2) is 4.68. The zero-order chi connectivity index (χ0) is 11.5. The molecule has 0 aromatic carbocycles. The second-order valence-corrected chi connectivity index (χ2v) is 4.43. The van der Waals surface area contributed by atoms with Crippen LogP contribution in [0.1, 0.15) is 25.3 Å². The highest BCUT2D eigenvalue weighted by atomic mass is 15.2. The molecule has 0 radical (unpaired) electrons. The average molecular weight is 220 g/mol. The molecule has 2 heterocycles. The third kappa shape index (κ3) is 1.96. The number of hydrogen-bond acceptors (Lipinski definition) is 4. The molecule has 1 atom stereocenters. The van der Waals surface area contributed by atoms with Crippen LogP contribution in [-0.2, 0) is 0 Å². The summed E-state index contributed by atoms with van der Waals surface area (Å²) in [6.45, 7) is 6.61. The number of rotatable bonds is 3. The van der Waals surface area contributed by atoms with E-state index in [0.29, 0.717) is 0 Å². The summed E-state index contributed by atoms with van der Waals surface area (Å²) in [7, 11) is 1.90. The van der Waals surface area contributed by atoms with Gasteiger partial charge >= 0.3 is 0 Å². The fraction of sp³-hybridized carbons (Fsp3) is 0.667. The quantitative estimate of drug-likeness (QED) is 0.846. The summed E-state index contributed by atoms with van der Waals surface area (Å²) >= 11 is 0. The molecule has 16 heavy (non-hydrogen) atoms. The lowest BCUT2D eigenvalue weighted by Crippen LogP contribution is -2.22. The van der Waals surface area contributed by atoms with Crippen molar-refractivity contribution < 1.29 is 0 Å². The van der Waals surface area contributed by atoms with Gasteiger partial charge in [-0.1, -0.05) is 13.3 Å². The van der Waals surface area contributed by atoms with Crippen molar-refractivity contribution in [2.24, 2.45) is 5.92 Å². The minimum absolute atomic E-state index is 0.826. The molecule has 0 aliphatic carbocycles. The number of aromatic nitrogens is 2. The Morgan fingerprint density at radius 2 is 2.31 bits per heavy atom. The average Bonchev–Trinajstić information content (AvgIpc) is 2.78. The molecule has 1 N–H and O–H groups in total. The highest BCUT2D eigenvalue weighted by Crippen LogP contribution is 2.28. The highest BCUT2D eigenvalue weighted by molar-refractivity contribution is 5.58. The minimum Gasteiger partial charge on any atom is -0.373 e. The molecule has 4 nitrogen and oxygen atoms in total. The lowest BCUT2D eigenvalue weighted by Gasteiger charge is -2.20. The highest BCUT2D eigenvalue weighted by Gasteiger charge is 2.23. The molecule has 1 unspecified atom stereocenters. The Morgan fingerprint density at radius 3 is 2.94 bits per heavy atom. The van der Waals surface area contributed by atoms with Crippen LogP contribution in [0.3, 0.4) is 0 Å². The summed E-state index contributed by atoms with van der Waals surface area (Å²) in [6.07, 6.45) is 4.20. The Bertz CT molecular complexity index is 364. The van der Waals surface area contributed by atoms with E-state index in [2.05, 4.69) is 34.0 Å². The van der Waals surface area contributed by atoms with E-state index in [-0.39, 0.29) is 0 Å². The SMILES string of the molecule is CCC1CCN(c2ncnc(NC)c2C)C1. The van der Waals surface area contributed by atoms with Crippen LogP contribution < -0.4 is 10.2 Å². The van der Waals surface area contributed by atoms with E-state index in [4.69, 9.17) is 0 Å². The van der Waals surface area contributed by atoms with Crippen molar-refractivity contribution in [1.29, 1.82) is 0 Å². The predicted octanol–water partition coefficient (Wildman–Crippen LogP) is 2.06. The van der Waals surface area contributed by atoms with Crippen LogP contribution in [0.5, 0.6) is 0 Å². The van der Waals surface area contributed by atoms with Gasteiger partial charge in [-0.25, -0.2) is 9.97 Å². The number of nitrogens with one attached hydrogen (secondary N) is 1. The summed E-state index contributed by atoms with van der Waals surface area (Å²) < 4.78 is 0. The van der Waals surface area contributed by atoms with Crippen molar-refractivity contribution in [3.8, 4) is 0 Å². The van der Waals surface area contributed by atoms with Crippen LogP contribution in [-0.4, -0.2) is 30.1 Å². The third-order valence-corrected chi connectivity index (χ3v) is 3.46. The molecule has 1 fully saturated rings. The van der Waals surface area contributed by atoms with Gasteiger partial charge in [-0.15, -0.1) is 0 Å². The number of hydrogen-bond donors (Lipinski definition) is 1. The molecule has 88 valence electrons. The van der Waals surface area contributed by atoms with E-state index in [0.717, 1.165) is 36.2 Å². The van der Waals surface area contributed by atoms with Crippen LogP contribution >= 0.6 is 0 Å². The van der Waals surface area contributed by atoms with E-state index in [9.17, 15) is 0 Å². The molecule has 2 rings (SSSR count). The fourth-order valence-electron chi connectivity index (χ4n) is 2.37. The fourth-order valence-corrected chi connectivity index (χ4v) is 2.37. The Balaban J connectivity index is 2.21. The van der Waals surface area contributed by atoms with Crippen LogP contribution in [0.4, 0.5) is 11.6 Å². The maximum Gasteiger partial charge on any atom is 0.137 e. The Kier molecular flexibility index (Phi) is 3.27. The van der Waals surface area contributed by atoms with Gasteiger partial charge in [0.15, 0.2) is 0 Å². The van der Waals surface area contributed by atoms with E-state index >= 15 is 0 Å². The molecule has 1 saturated heterocycles. The van der Waals surface area contributed by atoms with Crippen molar-refractivity contribution in [3.05, 3.63) is 11.9 Å². The van der Waals surface area contributed by atoms with Crippen molar-refractivity contribution in [1.82, 2.24) is 9.97 Å². The lowest BCUT2D eigenvalue weighted by atomic mass is 10.1. The van der Waals surface area contributed by atoms with Gasteiger partial charge in [0.1, 0.15) is 18.0 Å². The molecule has 1 aliphatic heterocycles. The minimum atomic E-state index is 0.826. The monoisotopic (exact) mass is 220 g/mol. The number of anilines is 2. The zero-order valence-corrected chi connectivity index (χ0v) is 10.3. The number of nitrogens with zero attached hydrogens (tertiary/aromatic N) is 3. The molecule has 0 saturated carbocycles. The maximum atomic E-state index is 4.41. The molecule has 0 amide bonds. The largest absolute Gasteiger partial charge is 0.373 e. The first kappa shape index (κ1) is 11.2. The molecule has 1 aromatic heterocycles. The van der Waals surface area contributed by atoms with E-state index in [1.54, 1.807) is 6.33 Å². The normalized spacial score (nSPS) is 20.2. The Labute approximate surface area is 97.1 Å². The molecule has 1 aromatic rings. The van der Waals surface area contributed by atoms with Crippen LogP contribution in [0.25, 0.3) is 0 Å². The molecular weight excluding hydrogens is 200 g/mol. The third-order valence-electron chi connectivity index (χ3n) is 3.46. The van der Waals surface area contributed by atoms with E-state index in [1.807, 2.05) is 7.05 Å². The standard InChI is InChI=1S/C12H20N4/c1-4-10-5-6-16(7-10)12-9(2)11(13-3)14-8-15-12/h8,10H,4-7H2,1-3H3,(H,13,14,15). The summed E-state index contributed by atoms with van der Waals surface area (Å²) in [5.41, 5.74) is 1.15. The molecular formula is C12H20N4. The summed E-state index contributed by atoms with van der Waals surface area (Å²) in [4.78, 5) is 11.0. The summed E-state index contributed by atoms with van der Waals surface area (Å²) in [5, 5.41) is 3.11. The van der Waals surface area contributed by atoms with Gasteiger partial charge in [-0.2, -0.15) is 0 Å². The smallest absolute Gasteiger partial charge is 0.137 e. The zero-order valence-electron chi connectivity index (χ0n) is 10.3. The predicted molar refractivity (Wildman–Crippen MR) is 66.9 cm³/mol. The van der Waals surface area contributed by atoms with Crippen molar-refractivity contribution in [2.75, 3.05) is 30.4 Å². The molecule has 4 heteroatoms. The van der Waals surface area contributed by atoms with Crippen molar-refractivity contribution in [3.63, 3.8) is 0 Å². The van der Waals surface area contributed by atoms with Crippen molar-refractivity contribution >= 4 is 11.6 Å². The van der Waals surface area contributed by atoms with Crippen LogP contribution in [0.2, 0.25) is 0 Å². The van der Waals surface area contributed by atoms with Gasteiger partial charge in [0.2, 0.25) is 0 Å². The van der Waals surface area contributed by atoms with Gasteiger partial charge in [0.25, 0.3) is 0 Å². The van der Waals surface area contributed by atoms with Gasteiger partial charge in [0, 0.05) is 25.7 Å². The first-order valence-corrected chi connectivity index (χ1v) is 6.00. The van der Waals surface area contributed by atoms with Crippen LogP contribution in [0.15, 0.2) is 6.33 Å². The van der Waals surface area contributed by atoms with Crippen LogP contribution in [0, 0.1) is 12.8 Å². The second-order valence-electron chi connectivity index (χ2n) is 4.43. The molecule has 1 aliphatic rings. The lowest BCUT2D eigenvalue weighted by molar-refractivity contribution is 0.568. The first-order chi connectivity index (χ1) is 7.76. The molecule has 0 bridgehead atoms. The topological polar surface area (TPSA) is 41.1 Å². The Hall–Kier alpha value is -1.32. The van der Waals surface area contributed by atoms with Gasteiger partial charge in [-0.05, 0) is 19.3 Å². The van der Waals surface area contributed by atoms with Gasteiger partial charge in [0.05, 0.1) is 0 Å². The summed E-state index contributed by atoms with van der Waals surface area (Å²) in [5.74, 6) is 2.85. The molecule has 0 spiro atoms. The maximum absolute atomic E-state index is 4.41. The van der Waals surface area contributed by atoms with E-state index < -0.39 is 0 Å². The Morgan fingerprint density at radius 1 is 1.50 bits per heavy atom. The van der Waals surface area contributed by atoms with Crippen molar-refractivity contribution in [2.45, 2.75) is 26.7 Å². The van der Waals surface area contributed by atoms with Gasteiger partial charge in [-0.3, -0.25) is 0 Å². The summed E-state index contributed by atoms with van der Waals surface area (Å²) in [6, 6.07) is 0. The first-order valence-electron chi connectivity index (χ1n) is 6.00.